The normalized spacial score (nSPS) is 46.8. The topological polar surface area (TPSA) is 29.5 Å². The Hall–Kier alpha value is -0.220. The highest BCUT2D eigenvalue weighted by atomic mass is 19.2. The Balaban J connectivity index is 2.66. The molecule has 0 amide bonds. The summed E-state index contributed by atoms with van der Waals surface area (Å²) in [4.78, 5) is 0. The smallest absolute Gasteiger partial charge is 0.238 e. The fourth-order valence-corrected chi connectivity index (χ4v) is 2.16. The van der Waals surface area contributed by atoms with Crippen molar-refractivity contribution in [2.45, 2.75) is 51.7 Å². The van der Waals surface area contributed by atoms with Gasteiger partial charge >= 0.3 is 0 Å². The number of alkyl halides is 2. The standard InChI is InChI=1S/C11H20F2O2/c1-7-8(2)10(12)11(3,13)15-9(7)5-4-6-14/h7-10,14H,4-6H2,1-3H3. The second-order valence-electron chi connectivity index (χ2n) is 4.63. The lowest BCUT2D eigenvalue weighted by atomic mass is 9.80. The molecule has 1 heterocycles. The molecule has 1 aliphatic rings. The van der Waals surface area contributed by atoms with E-state index in [9.17, 15) is 8.78 Å². The van der Waals surface area contributed by atoms with Crippen molar-refractivity contribution in [1.29, 1.82) is 0 Å². The van der Waals surface area contributed by atoms with Gasteiger partial charge in [0, 0.05) is 6.61 Å². The molecular weight excluding hydrogens is 202 g/mol. The Bertz CT molecular complexity index is 209. The van der Waals surface area contributed by atoms with Crippen LogP contribution in [0.4, 0.5) is 8.78 Å². The summed E-state index contributed by atoms with van der Waals surface area (Å²) in [6.45, 7) is 4.78. The molecule has 5 unspecified atom stereocenters. The van der Waals surface area contributed by atoms with Gasteiger partial charge < -0.3 is 9.84 Å². The molecule has 0 bridgehead atoms. The van der Waals surface area contributed by atoms with Crippen LogP contribution in [0.3, 0.4) is 0 Å². The maximum Gasteiger partial charge on any atom is 0.238 e. The van der Waals surface area contributed by atoms with Crippen LogP contribution in [0.2, 0.25) is 0 Å². The van der Waals surface area contributed by atoms with Gasteiger partial charge in [0.1, 0.15) is 0 Å². The molecule has 1 fully saturated rings. The summed E-state index contributed by atoms with van der Waals surface area (Å²) in [6, 6.07) is 0. The van der Waals surface area contributed by atoms with Gasteiger partial charge in [0.05, 0.1) is 6.10 Å². The van der Waals surface area contributed by atoms with Crippen molar-refractivity contribution in [3.05, 3.63) is 0 Å². The summed E-state index contributed by atoms with van der Waals surface area (Å²) in [6.07, 6.45) is -0.727. The van der Waals surface area contributed by atoms with Gasteiger partial charge in [0.15, 0.2) is 6.17 Å². The lowest BCUT2D eigenvalue weighted by Crippen LogP contribution is -2.52. The predicted octanol–water partition coefficient (Wildman–Crippen LogP) is 2.45. The van der Waals surface area contributed by atoms with Crippen LogP contribution >= 0.6 is 0 Å². The molecule has 15 heavy (non-hydrogen) atoms. The largest absolute Gasteiger partial charge is 0.396 e. The first kappa shape index (κ1) is 12.8. The van der Waals surface area contributed by atoms with E-state index in [1.807, 2.05) is 6.92 Å². The van der Waals surface area contributed by atoms with Crippen molar-refractivity contribution in [2.24, 2.45) is 11.8 Å². The molecular formula is C11H20F2O2. The average Bonchev–Trinajstić information content (AvgIpc) is 2.19. The first-order valence-corrected chi connectivity index (χ1v) is 5.51. The van der Waals surface area contributed by atoms with Gasteiger partial charge in [-0.15, -0.1) is 0 Å². The molecule has 1 rings (SSSR count). The SMILES string of the molecule is CC1C(CCCO)OC(C)(F)C(F)C1C. The minimum absolute atomic E-state index is 0.0182. The van der Waals surface area contributed by atoms with E-state index in [2.05, 4.69) is 0 Å². The van der Waals surface area contributed by atoms with Gasteiger partial charge in [-0.3, -0.25) is 0 Å². The number of aliphatic hydroxyl groups excluding tert-OH is 1. The third-order valence-electron chi connectivity index (χ3n) is 3.40. The van der Waals surface area contributed by atoms with Crippen LogP contribution < -0.4 is 0 Å². The number of ether oxygens (including phenoxy) is 1. The minimum atomic E-state index is -2.19. The lowest BCUT2D eigenvalue weighted by molar-refractivity contribution is -0.264. The molecule has 0 radical (unpaired) electrons. The van der Waals surface area contributed by atoms with Crippen molar-refractivity contribution < 1.29 is 18.6 Å². The van der Waals surface area contributed by atoms with E-state index in [-0.39, 0.29) is 24.5 Å². The first-order chi connectivity index (χ1) is 6.90. The van der Waals surface area contributed by atoms with Gasteiger partial charge in [-0.05, 0) is 31.6 Å². The van der Waals surface area contributed by atoms with E-state index in [4.69, 9.17) is 9.84 Å². The molecule has 90 valence electrons. The van der Waals surface area contributed by atoms with Crippen molar-refractivity contribution >= 4 is 0 Å². The molecule has 0 saturated carbocycles. The molecule has 0 aromatic carbocycles. The van der Waals surface area contributed by atoms with Crippen LogP contribution in [0.25, 0.3) is 0 Å². The molecule has 0 aliphatic carbocycles. The predicted molar refractivity (Wildman–Crippen MR) is 53.9 cm³/mol. The van der Waals surface area contributed by atoms with E-state index < -0.39 is 12.0 Å². The maximum atomic E-state index is 13.7. The molecule has 0 aromatic rings. The molecule has 1 N–H and O–H groups in total. The van der Waals surface area contributed by atoms with Crippen LogP contribution in [0.5, 0.6) is 0 Å². The third kappa shape index (κ3) is 2.67. The van der Waals surface area contributed by atoms with Crippen molar-refractivity contribution in [3.63, 3.8) is 0 Å². The number of hydrogen-bond acceptors (Lipinski definition) is 2. The summed E-state index contributed by atoms with van der Waals surface area (Å²) >= 11 is 0. The van der Waals surface area contributed by atoms with E-state index >= 15 is 0 Å². The molecule has 1 aliphatic heterocycles. The van der Waals surface area contributed by atoms with E-state index in [0.29, 0.717) is 12.8 Å². The lowest BCUT2D eigenvalue weighted by Gasteiger charge is -2.43. The Labute approximate surface area is 89.6 Å². The molecule has 0 aromatic heterocycles. The van der Waals surface area contributed by atoms with Crippen LogP contribution in [-0.4, -0.2) is 29.8 Å². The molecule has 4 heteroatoms. The van der Waals surface area contributed by atoms with Gasteiger partial charge in [0.25, 0.3) is 0 Å². The van der Waals surface area contributed by atoms with Crippen LogP contribution in [0.15, 0.2) is 0 Å². The quantitative estimate of drug-likeness (QED) is 0.794. The Morgan fingerprint density at radius 3 is 2.47 bits per heavy atom. The van der Waals surface area contributed by atoms with Crippen LogP contribution in [0.1, 0.15) is 33.6 Å². The molecule has 0 spiro atoms. The number of halogens is 2. The highest BCUT2D eigenvalue weighted by Gasteiger charge is 2.49. The Morgan fingerprint density at radius 1 is 1.33 bits per heavy atom. The summed E-state index contributed by atoms with van der Waals surface area (Å²) in [5.41, 5.74) is 0. The zero-order valence-corrected chi connectivity index (χ0v) is 9.54. The van der Waals surface area contributed by atoms with E-state index in [0.717, 1.165) is 6.92 Å². The van der Waals surface area contributed by atoms with Gasteiger partial charge in [-0.1, -0.05) is 13.8 Å². The number of rotatable bonds is 3. The monoisotopic (exact) mass is 222 g/mol. The van der Waals surface area contributed by atoms with Gasteiger partial charge in [-0.25, -0.2) is 8.78 Å². The Morgan fingerprint density at radius 2 is 1.93 bits per heavy atom. The summed E-state index contributed by atoms with van der Waals surface area (Å²) < 4.78 is 32.4. The zero-order valence-electron chi connectivity index (χ0n) is 9.54. The van der Waals surface area contributed by atoms with Crippen LogP contribution in [-0.2, 0) is 4.74 Å². The Kier molecular flexibility index (Phi) is 4.06. The molecule has 2 nitrogen and oxygen atoms in total. The van der Waals surface area contributed by atoms with Crippen molar-refractivity contribution in [2.75, 3.05) is 6.61 Å². The third-order valence-corrected chi connectivity index (χ3v) is 3.40. The van der Waals surface area contributed by atoms with Gasteiger partial charge in [0.2, 0.25) is 5.85 Å². The summed E-state index contributed by atoms with van der Waals surface area (Å²) in [5, 5.41) is 8.71. The summed E-state index contributed by atoms with van der Waals surface area (Å²) in [7, 11) is 0. The van der Waals surface area contributed by atoms with Gasteiger partial charge in [-0.2, -0.15) is 0 Å². The zero-order chi connectivity index (χ0) is 11.6. The van der Waals surface area contributed by atoms with E-state index in [1.54, 1.807) is 6.92 Å². The second kappa shape index (κ2) is 4.74. The number of aliphatic hydroxyl groups is 1. The summed E-state index contributed by atoms with van der Waals surface area (Å²) in [5.74, 6) is -2.56. The minimum Gasteiger partial charge on any atom is -0.396 e. The maximum absolute atomic E-state index is 13.7. The van der Waals surface area contributed by atoms with Crippen LogP contribution in [0, 0.1) is 11.8 Å². The van der Waals surface area contributed by atoms with E-state index in [1.165, 1.54) is 0 Å². The average molecular weight is 222 g/mol. The van der Waals surface area contributed by atoms with Crippen molar-refractivity contribution in [3.8, 4) is 0 Å². The van der Waals surface area contributed by atoms with Crippen molar-refractivity contribution in [1.82, 2.24) is 0 Å². The molecule has 1 saturated heterocycles. The number of hydrogen-bond donors (Lipinski definition) is 1. The molecule has 5 atom stereocenters. The second-order valence-corrected chi connectivity index (χ2v) is 4.63. The highest BCUT2D eigenvalue weighted by Crippen LogP contribution is 2.40. The first-order valence-electron chi connectivity index (χ1n) is 5.51. The highest BCUT2D eigenvalue weighted by molar-refractivity contribution is 4.90. The fraction of sp³-hybridized carbons (Fsp3) is 1.00. The fourth-order valence-electron chi connectivity index (χ4n) is 2.16.